The van der Waals surface area contributed by atoms with Gasteiger partial charge in [0.15, 0.2) is 0 Å². The molecule has 0 saturated carbocycles. The quantitative estimate of drug-likeness (QED) is 0.762. The number of carboxylic acids is 1. The molecule has 1 aromatic rings. The van der Waals surface area contributed by atoms with Gasteiger partial charge in [-0.05, 0) is 25.8 Å². The molecule has 0 aromatic carbocycles. The zero-order valence-corrected chi connectivity index (χ0v) is 12.3. The second-order valence-corrected chi connectivity index (χ2v) is 5.41. The van der Waals surface area contributed by atoms with E-state index in [0.717, 1.165) is 0 Å². The van der Waals surface area contributed by atoms with E-state index in [-0.39, 0.29) is 23.6 Å². The zero-order chi connectivity index (χ0) is 15.7. The normalized spacial score (nSPS) is 18.7. The molecule has 1 aliphatic heterocycles. The number of likely N-dealkylation sites (tertiary alicyclic amines) is 1. The predicted molar refractivity (Wildman–Crippen MR) is 75.4 cm³/mol. The summed E-state index contributed by atoms with van der Waals surface area (Å²) in [7, 11) is 1.70. The number of carbonyl (C=O) groups excluding carboxylic acids is 2. The molecule has 1 fully saturated rings. The van der Waals surface area contributed by atoms with Crippen molar-refractivity contribution in [3.63, 3.8) is 0 Å². The molecule has 0 spiro atoms. The molecule has 0 aliphatic carbocycles. The van der Waals surface area contributed by atoms with E-state index in [1.54, 1.807) is 25.8 Å². The summed E-state index contributed by atoms with van der Waals surface area (Å²) in [6.45, 7) is 3.75. The summed E-state index contributed by atoms with van der Waals surface area (Å²) >= 11 is 0. The van der Waals surface area contributed by atoms with Crippen LogP contribution in [0.1, 0.15) is 44.9 Å². The number of rotatable bonds is 3. The van der Waals surface area contributed by atoms with Gasteiger partial charge in [-0.3, -0.25) is 9.59 Å². The lowest BCUT2D eigenvalue weighted by Crippen LogP contribution is -2.48. The minimum absolute atomic E-state index is 0.0357. The molecule has 0 bridgehead atoms. The number of hydrogen-bond acceptors (Lipinski definition) is 3. The average molecular weight is 293 g/mol. The number of carboxylic acid groups (broad SMARTS) is 1. The van der Waals surface area contributed by atoms with E-state index >= 15 is 0 Å². The van der Waals surface area contributed by atoms with Crippen LogP contribution >= 0.6 is 0 Å². The number of likely N-dealkylation sites (N-methyl/N-ethyl adjacent to an activating group) is 1. The number of aryl methyl sites for hydroxylation is 1. The molecule has 0 radical (unpaired) electrons. The van der Waals surface area contributed by atoms with Gasteiger partial charge in [-0.15, -0.1) is 0 Å². The van der Waals surface area contributed by atoms with Crippen LogP contribution in [-0.4, -0.2) is 52.4 Å². The predicted octanol–water partition coefficient (Wildman–Crippen LogP) is 0.680. The Morgan fingerprint density at radius 3 is 2.57 bits per heavy atom. The molecule has 3 N–H and O–H groups in total. The molecule has 21 heavy (non-hydrogen) atoms. The van der Waals surface area contributed by atoms with Crippen molar-refractivity contribution in [2.75, 3.05) is 13.6 Å². The average Bonchev–Trinajstić information content (AvgIpc) is 2.69. The van der Waals surface area contributed by atoms with E-state index in [2.05, 4.69) is 10.3 Å². The summed E-state index contributed by atoms with van der Waals surface area (Å²) in [5.41, 5.74) is 1.36. The summed E-state index contributed by atoms with van der Waals surface area (Å²) in [6, 6.07) is -0.109. The molecule has 1 unspecified atom stereocenters. The first kappa shape index (κ1) is 15.1. The highest BCUT2D eigenvalue weighted by Gasteiger charge is 2.27. The Morgan fingerprint density at radius 2 is 2.05 bits per heavy atom. The van der Waals surface area contributed by atoms with Crippen molar-refractivity contribution in [2.45, 2.75) is 32.7 Å². The van der Waals surface area contributed by atoms with E-state index < -0.39 is 5.97 Å². The number of aromatic nitrogens is 1. The van der Waals surface area contributed by atoms with E-state index in [0.29, 0.717) is 36.2 Å². The number of nitrogens with zero attached hydrogens (tertiary/aromatic N) is 1. The van der Waals surface area contributed by atoms with Gasteiger partial charge in [0.25, 0.3) is 5.91 Å². The molecule has 2 amide bonds. The monoisotopic (exact) mass is 293 g/mol. The number of H-pyrrole nitrogens is 1. The number of hydrogen-bond donors (Lipinski definition) is 3. The maximum Gasteiger partial charge on any atom is 0.352 e. The fourth-order valence-electron chi connectivity index (χ4n) is 2.69. The van der Waals surface area contributed by atoms with Crippen molar-refractivity contribution in [1.29, 1.82) is 0 Å². The van der Waals surface area contributed by atoms with Crippen molar-refractivity contribution in [3.05, 3.63) is 22.5 Å². The Labute approximate surface area is 122 Å². The molecular weight excluding hydrogens is 274 g/mol. The van der Waals surface area contributed by atoms with Crippen LogP contribution < -0.4 is 5.32 Å². The van der Waals surface area contributed by atoms with Gasteiger partial charge in [0.2, 0.25) is 5.91 Å². The molecule has 7 nitrogen and oxygen atoms in total. The van der Waals surface area contributed by atoms with Gasteiger partial charge in [-0.1, -0.05) is 0 Å². The van der Waals surface area contributed by atoms with Gasteiger partial charge in [0.05, 0.1) is 5.56 Å². The molecular formula is C14H19N3O4. The van der Waals surface area contributed by atoms with Gasteiger partial charge >= 0.3 is 5.97 Å². The maximum absolute atomic E-state index is 12.4. The smallest absolute Gasteiger partial charge is 0.352 e. The fraction of sp³-hybridized carbons (Fsp3) is 0.500. The van der Waals surface area contributed by atoms with Crippen LogP contribution in [0, 0.1) is 13.8 Å². The summed E-state index contributed by atoms with van der Waals surface area (Å²) in [6.07, 6.45) is 1.01. The second kappa shape index (κ2) is 5.59. The highest BCUT2D eigenvalue weighted by atomic mass is 16.4. The Kier molecular flexibility index (Phi) is 4.02. The zero-order valence-electron chi connectivity index (χ0n) is 12.3. The van der Waals surface area contributed by atoms with Crippen LogP contribution in [-0.2, 0) is 4.79 Å². The van der Waals surface area contributed by atoms with E-state index in [1.807, 2.05) is 0 Å². The van der Waals surface area contributed by atoms with Crippen molar-refractivity contribution in [2.24, 2.45) is 0 Å². The van der Waals surface area contributed by atoms with Crippen molar-refractivity contribution >= 4 is 17.8 Å². The third-order valence-corrected chi connectivity index (χ3v) is 3.84. The van der Waals surface area contributed by atoms with Crippen LogP contribution in [0.25, 0.3) is 0 Å². The first-order valence-corrected chi connectivity index (χ1v) is 6.78. The number of carbonyl (C=O) groups is 3. The standard InChI is InChI=1S/C14H19N3O4/c1-7-11(8(2)15-12(7)14(20)21)13(19)16-9-4-5-10(18)17(3)6-9/h9,15H,4-6H2,1-3H3,(H,16,19)(H,20,21). The van der Waals surface area contributed by atoms with Crippen LogP contribution in [0.15, 0.2) is 0 Å². The minimum Gasteiger partial charge on any atom is -0.477 e. The Balaban J connectivity index is 2.14. The number of aromatic carboxylic acids is 1. The first-order chi connectivity index (χ1) is 9.81. The third kappa shape index (κ3) is 2.91. The fourth-order valence-corrected chi connectivity index (χ4v) is 2.69. The van der Waals surface area contributed by atoms with Crippen LogP contribution in [0.2, 0.25) is 0 Å². The van der Waals surface area contributed by atoms with Gasteiger partial charge < -0.3 is 20.3 Å². The van der Waals surface area contributed by atoms with Crippen LogP contribution in [0.5, 0.6) is 0 Å². The molecule has 2 rings (SSSR count). The largest absolute Gasteiger partial charge is 0.477 e. The lowest BCUT2D eigenvalue weighted by atomic mass is 10.0. The highest BCUT2D eigenvalue weighted by molar-refractivity contribution is 6.01. The van der Waals surface area contributed by atoms with E-state index in [1.165, 1.54) is 0 Å². The molecule has 2 heterocycles. The Bertz CT molecular complexity index is 606. The first-order valence-electron chi connectivity index (χ1n) is 6.78. The van der Waals surface area contributed by atoms with Crippen molar-refractivity contribution < 1.29 is 19.5 Å². The third-order valence-electron chi connectivity index (χ3n) is 3.84. The maximum atomic E-state index is 12.4. The van der Waals surface area contributed by atoms with Gasteiger partial charge in [0.1, 0.15) is 5.69 Å². The molecule has 1 aliphatic rings. The molecule has 1 aromatic heterocycles. The molecule has 114 valence electrons. The number of nitrogens with one attached hydrogen (secondary N) is 2. The summed E-state index contributed by atoms with van der Waals surface area (Å²) in [5.74, 6) is -1.32. The second-order valence-electron chi connectivity index (χ2n) is 5.41. The molecule has 1 saturated heterocycles. The Morgan fingerprint density at radius 1 is 1.38 bits per heavy atom. The molecule has 7 heteroatoms. The molecule has 1 atom stereocenters. The van der Waals surface area contributed by atoms with Crippen LogP contribution in [0.4, 0.5) is 0 Å². The topological polar surface area (TPSA) is 102 Å². The SMILES string of the molecule is Cc1[nH]c(C(=O)O)c(C)c1C(=O)NC1CCC(=O)N(C)C1. The Hall–Kier alpha value is -2.31. The van der Waals surface area contributed by atoms with E-state index in [4.69, 9.17) is 5.11 Å². The van der Waals surface area contributed by atoms with Crippen molar-refractivity contribution in [1.82, 2.24) is 15.2 Å². The summed E-state index contributed by atoms with van der Waals surface area (Å²) < 4.78 is 0. The number of piperidine rings is 1. The van der Waals surface area contributed by atoms with Gasteiger partial charge in [-0.2, -0.15) is 0 Å². The van der Waals surface area contributed by atoms with Gasteiger partial charge in [0, 0.05) is 31.7 Å². The minimum atomic E-state index is -1.09. The highest BCUT2D eigenvalue weighted by Crippen LogP contribution is 2.19. The van der Waals surface area contributed by atoms with Crippen LogP contribution in [0.3, 0.4) is 0 Å². The summed E-state index contributed by atoms with van der Waals surface area (Å²) in [5, 5.41) is 11.9. The number of amides is 2. The lowest BCUT2D eigenvalue weighted by Gasteiger charge is -2.30. The van der Waals surface area contributed by atoms with E-state index in [9.17, 15) is 14.4 Å². The van der Waals surface area contributed by atoms with Crippen molar-refractivity contribution in [3.8, 4) is 0 Å². The number of aromatic amines is 1. The lowest BCUT2D eigenvalue weighted by molar-refractivity contribution is -0.132. The van der Waals surface area contributed by atoms with Gasteiger partial charge in [-0.25, -0.2) is 4.79 Å². The summed E-state index contributed by atoms with van der Waals surface area (Å²) in [4.78, 5) is 39.2.